The highest BCUT2D eigenvalue weighted by molar-refractivity contribution is 5.47. The van der Waals surface area contributed by atoms with E-state index in [2.05, 4.69) is 9.97 Å². The van der Waals surface area contributed by atoms with Crippen LogP contribution in [0, 0.1) is 11.6 Å². The molecule has 0 amide bonds. The Bertz CT molecular complexity index is 967. The highest BCUT2D eigenvalue weighted by atomic mass is 19.2. The summed E-state index contributed by atoms with van der Waals surface area (Å²) in [6, 6.07) is 7.58. The van der Waals surface area contributed by atoms with E-state index in [-0.39, 0.29) is 17.7 Å². The third-order valence-electron chi connectivity index (χ3n) is 4.33. The Kier molecular flexibility index (Phi) is 3.93. The first-order valence-electron chi connectivity index (χ1n) is 7.93. The molecule has 0 atom stereocenters. The van der Waals surface area contributed by atoms with E-state index >= 15 is 0 Å². The van der Waals surface area contributed by atoms with Crippen LogP contribution in [0.2, 0.25) is 0 Å². The number of benzene rings is 1. The van der Waals surface area contributed by atoms with Crippen LogP contribution in [0.4, 0.5) is 8.78 Å². The van der Waals surface area contributed by atoms with E-state index in [9.17, 15) is 13.6 Å². The summed E-state index contributed by atoms with van der Waals surface area (Å²) in [6.45, 7) is 1.19. The molecule has 0 spiro atoms. The summed E-state index contributed by atoms with van der Waals surface area (Å²) in [6.07, 6.45) is 2.08. The fourth-order valence-corrected chi connectivity index (χ4v) is 3.06. The number of nitrogens with one attached hydrogen (secondary N) is 1. The number of halogens is 2. The number of furan rings is 1. The topological polar surface area (TPSA) is 62.1 Å². The van der Waals surface area contributed by atoms with Crippen molar-refractivity contribution in [2.45, 2.75) is 19.5 Å². The van der Waals surface area contributed by atoms with E-state index in [1.165, 1.54) is 12.3 Å². The van der Waals surface area contributed by atoms with Crippen LogP contribution < -0.4 is 5.56 Å². The number of fused-ring (bicyclic) bond motifs is 1. The van der Waals surface area contributed by atoms with Crippen LogP contribution in [0.3, 0.4) is 0 Å². The second-order valence-electron chi connectivity index (χ2n) is 5.99. The number of rotatable bonds is 3. The number of aromatic amines is 1. The number of aromatic nitrogens is 2. The van der Waals surface area contributed by atoms with Crippen LogP contribution in [0.5, 0.6) is 0 Å². The van der Waals surface area contributed by atoms with Crippen LogP contribution in [-0.4, -0.2) is 21.4 Å². The summed E-state index contributed by atoms with van der Waals surface area (Å²) < 4.78 is 32.5. The van der Waals surface area contributed by atoms with Gasteiger partial charge in [0.1, 0.15) is 0 Å². The average molecular weight is 343 g/mol. The van der Waals surface area contributed by atoms with Gasteiger partial charge in [0.25, 0.3) is 5.56 Å². The molecule has 0 unspecified atom stereocenters. The van der Waals surface area contributed by atoms with Gasteiger partial charge in [-0.2, -0.15) is 0 Å². The lowest BCUT2D eigenvalue weighted by atomic mass is 10.1. The lowest BCUT2D eigenvalue weighted by molar-refractivity contribution is 0.237. The Morgan fingerprint density at radius 1 is 1.24 bits per heavy atom. The summed E-state index contributed by atoms with van der Waals surface area (Å²) in [5, 5.41) is 0. The molecule has 0 saturated carbocycles. The summed E-state index contributed by atoms with van der Waals surface area (Å²) >= 11 is 0. The van der Waals surface area contributed by atoms with E-state index in [1.54, 1.807) is 18.2 Å². The third-order valence-corrected chi connectivity index (χ3v) is 4.33. The van der Waals surface area contributed by atoms with Gasteiger partial charge in [-0.15, -0.1) is 0 Å². The van der Waals surface area contributed by atoms with Gasteiger partial charge in [-0.05, 0) is 18.2 Å². The SMILES string of the molecule is O=c1[nH]c(-c2ccco2)nc2c1CN(Cc1cccc(F)c1F)CC2. The standard InChI is InChI=1S/C18H15F2N3O2/c19-13-4-1-3-11(16(13)20)9-23-7-6-14-12(10-23)18(24)22-17(21-14)15-5-2-8-25-15/h1-5,8H,6-7,9-10H2,(H,21,22,24). The molecule has 1 aliphatic heterocycles. The van der Waals surface area contributed by atoms with Crippen molar-refractivity contribution in [1.82, 2.24) is 14.9 Å². The largest absolute Gasteiger partial charge is 0.461 e. The number of hydrogen-bond acceptors (Lipinski definition) is 4. The third kappa shape index (κ3) is 2.98. The molecule has 3 aromatic rings. The maximum absolute atomic E-state index is 13.8. The van der Waals surface area contributed by atoms with Crippen LogP contribution in [-0.2, 0) is 19.5 Å². The van der Waals surface area contributed by atoms with Crippen LogP contribution >= 0.6 is 0 Å². The maximum atomic E-state index is 13.8. The minimum atomic E-state index is -0.863. The molecule has 2 aromatic heterocycles. The normalized spacial score (nSPS) is 14.5. The zero-order valence-corrected chi connectivity index (χ0v) is 13.3. The van der Waals surface area contributed by atoms with Crippen molar-refractivity contribution in [3.8, 4) is 11.6 Å². The van der Waals surface area contributed by atoms with Gasteiger partial charge in [0.05, 0.1) is 17.5 Å². The van der Waals surface area contributed by atoms with Gasteiger partial charge in [-0.25, -0.2) is 13.8 Å². The smallest absolute Gasteiger partial charge is 0.256 e. The molecule has 1 aromatic carbocycles. The van der Waals surface area contributed by atoms with Crippen molar-refractivity contribution in [3.63, 3.8) is 0 Å². The highest BCUT2D eigenvalue weighted by Crippen LogP contribution is 2.21. The molecule has 7 heteroatoms. The van der Waals surface area contributed by atoms with Crippen LogP contribution in [0.25, 0.3) is 11.6 Å². The Morgan fingerprint density at radius 3 is 2.92 bits per heavy atom. The minimum Gasteiger partial charge on any atom is -0.461 e. The van der Waals surface area contributed by atoms with Crippen molar-refractivity contribution < 1.29 is 13.2 Å². The molecular formula is C18H15F2N3O2. The van der Waals surface area contributed by atoms with Crippen molar-refractivity contribution in [2.24, 2.45) is 0 Å². The van der Waals surface area contributed by atoms with Crippen LogP contribution in [0.15, 0.2) is 45.8 Å². The second kappa shape index (κ2) is 6.25. The molecule has 5 nitrogen and oxygen atoms in total. The molecule has 25 heavy (non-hydrogen) atoms. The maximum Gasteiger partial charge on any atom is 0.256 e. The number of nitrogens with zero attached hydrogens (tertiary/aromatic N) is 2. The van der Waals surface area contributed by atoms with E-state index in [0.29, 0.717) is 42.4 Å². The van der Waals surface area contributed by atoms with Crippen molar-refractivity contribution in [1.29, 1.82) is 0 Å². The fourth-order valence-electron chi connectivity index (χ4n) is 3.06. The molecule has 0 aliphatic carbocycles. The average Bonchev–Trinajstić information content (AvgIpc) is 3.14. The quantitative estimate of drug-likeness (QED) is 0.794. The van der Waals surface area contributed by atoms with Gasteiger partial charge in [-0.3, -0.25) is 9.69 Å². The first kappa shape index (κ1) is 15.7. The van der Waals surface area contributed by atoms with E-state index < -0.39 is 11.6 Å². The van der Waals surface area contributed by atoms with Crippen molar-refractivity contribution in [2.75, 3.05) is 6.54 Å². The lowest BCUT2D eigenvalue weighted by Gasteiger charge is -2.27. The molecule has 0 saturated heterocycles. The van der Waals surface area contributed by atoms with Gasteiger partial charge < -0.3 is 9.40 Å². The van der Waals surface area contributed by atoms with Gasteiger partial charge in [-0.1, -0.05) is 12.1 Å². The summed E-state index contributed by atoms with van der Waals surface area (Å²) in [7, 11) is 0. The molecule has 1 N–H and O–H groups in total. The molecule has 0 radical (unpaired) electrons. The minimum absolute atomic E-state index is 0.235. The van der Waals surface area contributed by atoms with Crippen molar-refractivity contribution >= 4 is 0 Å². The molecule has 128 valence electrons. The second-order valence-corrected chi connectivity index (χ2v) is 5.99. The monoisotopic (exact) mass is 343 g/mol. The Labute approximate surface area is 141 Å². The molecule has 3 heterocycles. The molecular weight excluding hydrogens is 328 g/mol. The highest BCUT2D eigenvalue weighted by Gasteiger charge is 2.23. The van der Waals surface area contributed by atoms with Crippen molar-refractivity contribution in [3.05, 3.63) is 75.4 Å². The van der Waals surface area contributed by atoms with Gasteiger partial charge in [0.15, 0.2) is 23.2 Å². The molecule has 1 aliphatic rings. The number of hydrogen-bond donors (Lipinski definition) is 1. The molecule has 4 rings (SSSR count). The predicted molar refractivity (Wildman–Crippen MR) is 86.7 cm³/mol. The summed E-state index contributed by atoms with van der Waals surface area (Å²) in [5.41, 5.74) is 1.31. The first-order valence-corrected chi connectivity index (χ1v) is 7.93. The zero-order valence-electron chi connectivity index (χ0n) is 13.3. The lowest BCUT2D eigenvalue weighted by Crippen LogP contribution is -2.35. The molecule has 0 bridgehead atoms. The van der Waals surface area contributed by atoms with E-state index in [0.717, 1.165) is 6.07 Å². The predicted octanol–water partition coefficient (Wildman–Crippen LogP) is 2.87. The Balaban J connectivity index is 1.59. The summed E-state index contributed by atoms with van der Waals surface area (Å²) in [4.78, 5) is 21.5. The van der Waals surface area contributed by atoms with Crippen LogP contribution in [0.1, 0.15) is 16.8 Å². The Morgan fingerprint density at radius 2 is 2.12 bits per heavy atom. The van der Waals surface area contributed by atoms with E-state index in [4.69, 9.17) is 4.42 Å². The fraction of sp³-hybridized carbons (Fsp3) is 0.222. The first-order chi connectivity index (χ1) is 12.1. The summed E-state index contributed by atoms with van der Waals surface area (Å²) in [5.74, 6) is -0.798. The zero-order chi connectivity index (χ0) is 17.4. The van der Waals surface area contributed by atoms with Gasteiger partial charge in [0, 0.05) is 31.6 Å². The van der Waals surface area contributed by atoms with Gasteiger partial charge >= 0.3 is 0 Å². The van der Waals surface area contributed by atoms with E-state index in [1.807, 2.05) is 4.90 Å². The molecule has 0 fully saturated rings. The van der Waals surface area contributed by atoms with Gasteiger partial charge in [0.2, 0.25) is 0 Å². The Hall–Kier alpha value is -2.80. The number of H-pyrrole nitrogens is 1.